The van der Waals surface area contributed by atoms with Crippen molar-refractivity contribution in [1.82, 2.24) is 4.98 Å². The zero-order valence-electron chi connectivity index (χ0n) is 9.45. The maximum atomic E-state index is 12.6. The Balaban J connectivity index is 2.65. The zero-order valence-corrected chi connectivity index (χ0v) is 9.45. The summed E-state index contributed by atoms with van der Waals surface area (Å²) in [6, 6.07) is 7.60. The van der Waals surface area contributed by atoms with Gasteiger partial charge in [0.25, 0.3) is 5.56 Å². The smallest absolute Gasteiger partial charge is 0.328 e. The quantitative estimate of drug-likeness (QED) is 0.860. The van der Waals surface area contributed by atoms with Gasteiger partial charge in [0.05, 0.1) is 5.56 Å². The van der Waals surface area contributed by atoms with Crippen LogP contribution in [0.4, 0.5) is 13.2 Å². The van der Waals surface area contributed by atoms with Crippen LogP contribution in [0.2, 0.25) is 0 Å². The van der Waals surface area contributed by atoms with E-state index in [4.69, 9.17) is 5.26 Å². The van der Waals surface area contributed by atoms with Gasteiger partial charge in [-0.1, -0.05) is 12.1 Å². The van der Waals surface area contributed by atoms with Gasteiger partial charge in [-0.05, 0) is 23.8 Å². The number of nitriles is 1. The van der Waals surface area contributed by atoms with Gasteiger partial charge in [0, 0.05) is 11.8 Å². The minimum atomic E-state index is -4.47. The minimum Gasteiger partial charge on any atom is -0.328 e. The Morgan fingerprint density at radius 3 is 2.58 bits per heavy atom. The lowest BCUT2D eigenvalue weighted by molar-refractivity contribution is -0.137. The van der Waals surface area contributed by atoms with Gasteiger partial charge in [0.2, 0.25) is 0 Å². The van der Waals surface area contributed by atoms with Crippen molar-refractivity contribution in [3.05, 3.63) is 58.0 Å². The van der Waals surface area contributed by atoms with Crippen LogP contribution in [0.3, 0.4) is 0 Å². The molecule has 0 saturated carbocycles. The van der Waals surface area contributed by atoms with Crippen molar-refractivity contribution >= 4 is 0 Å². The SMILES string of the molecule is N#Cc1c(-c2cccc(C(F)(F)F)c2)cc[nH]c1=O. The third kappa shape index (κ3) is 2.50. The molecule has 0 amide bonds. The number of pyridine rings is 1. The van der Waals surface area contributed by atoms with Gasteiger partial charge >= 0.3 is 6.18 Å². The number of H-pyrrole nitrogens is 1. The number of hydrogen-bond donors (Lipinski definition) is 1. The molecule has 1 N–H and O–H groups in total. The van der Waals surface area contributed by atoms with E-state index in [2.05, 4.69) is 4.98 Å². The molecule has 0 radical (unpaired) electrons. The molecule has 0 saturated heterocycles. The van der Waals surface area contributed by atoms with E-state index < -0.39 is 17.3 Å². The molecule has 0 atom stereocenters. The predicted octanol–water partition coefficient (Wildman–Crippen LogP) is 2.93. The topological polar surface area (TPSA) is 56.6 Å². The number of aromatic amines is 1. The van der Waals surface area contributed by atoms with Gasteiger partial charge in [-0.2, -0.15) is 18.4 Å². The first kappa shape index (κ1) is 12.9. The summed E-state index contributed by atoms with van der Waals surface area (Å²) in [7, 11) is 0. The molecule has 3 nitrogen and oxygen atoms in total. The number of hydrogen-bond acceptors (Lipinski definition) is 2. The van der Waals surface area contributed by atoms with Crippen LogP contribution in [0, 0.1) is 11.3 Å². The lowest BCUT2D eigenvalue weighted by Crippen LogP contribution is -2.10. The van der Waals surface area contributed by atoms with Crippen molar-refractivity contribution < 1.29 is 13.2 Å². The van der Waals surface area contributed by atoms with Crippen LogP contribution in [-0.4, -0.2) is 4.98 Å². The molecule has 2 rings (SSSR count). The first-order valence-electron chi connectivity index (χ1n) is 5.23. The van der Waals surface area contributed by atoms with Gasteiger partial charge in [0.1, 0.15) is 11.6 Å². The number of rotatable bonds is 1. The van der Waals surface area contributed by atoms with Crippen LogP contribution in [0.15, 0.2) is 41.3 Å². The summed E-state index contributed by atoms with van der Waals surface area (Å²) in [6.45, 7) is 0. The maximum Gasteiger partial charge on any atom is 0.416 e. The van der Waals surface area contributed by atoms with Crippen LogP contribution in [0.5, 0.6) is 0 Å². The van der Waals surface area contributed by atoms with Crippen LogP contribution in [0.25, 0.3) is 11.1 Å². The van der Waals surface area contributed by atoms with E-state index in [0.717, 1.165) is 12.1 Å². The fraction of sp³-hybridized carbons (Fsp3) is 0.0769. The van der Waals surface area contributed by atoms with Crippen molar-refractivity contribution in [2.24, 2.45) is 0 Å². The highest BCUT2D eigenvalue weighted by Crippen LogP contribution is 2.32. The molecule has 6 heteroatoms. The third-order valence-corrected chi connectivity index (χ3v) is 2.57. The van der Waals surface area contributed by atoms with E-state index in [0.29, 0.717) is 0 Å². The highest BCUT2D eigenvalue weighted by molar-refractivity contribution is 5.70. The molecule has 0 spiro atoms. The summed E-state index contributed by atoms with van der Waals surface area (Å²) >= 11 is 0. The molecule has 0 aliphatic rings. The van der Waals surface area contributed by atoms with Gasteiger partial charge in [0.15, 0.2) is 0 Å². The monoisotopic (exact) mass is 264 g/mol. The van der Waals surface area contributed by atoms with E-state index in [-0.39, 0.29) is 16.7 Å². The number of alkyl halides is 3. The minimum absolute atomic E-state index is 0.178. The molecular weight excluding hydrogens is 257 g/mol. The predicted molar refractivity (Wildman–Crippen MR) is 62.2 cm³/mol. The second-order valence-electron chi connectivity index (χ2n) is 3.79. The lowest BCUT2D eigenvalue weighted by atomic mass is 10.00. The van der Waals surface area contributed by atoms with E-state index >= 15 is 0 Å². The Kier molecular flexibility index (Phi) is 3.13. The largest absolute Gasteiger partial charge is 0.416 e. The van der Waals surface area contributed by atoms with Crippen molar-refractivity contribution in [2.75, 3.05) is 0 Å². The molecule has 0 unspecified atom stereocenters. The molecule has 0 bridgehead atoms. The fourth-order valence-electron chi connectivity index (χ4n) is 1.69. The van der Waals surface area contributed by atoms with Crippen LogP contribution < -0.4 is 5.56 Å². The van der Waals surface area contributed by atoms with Crippen LogP contribution >= 0.6 is 0 Å². The van der Waals surface area contributed by atoms with Crippen molar-refractivity contribution in [3.63, 3.8) is 0 Å². The number of benzene rings is 1. The van der Waals surface area contributed by atoms with Crippen LogP contribution in [-0.2, 0) is 6.18 Å². The molecule has 0 aliphatic carbocycles. The zero-order chi connectivity index (χ0) is 14.0. The fourth-order valence-corrected chi connectivity index (χ4v) is 1.69. The average Bonchev–Trinajstić information content (AvgIpc) is 2.37. The molecule has 19 heavy (non-hydrogen) atoms. The second-order valence-corrected chi connectivity index (χ2v) is 3.79. The average molecular weight is 264 g/mol. The summed E-state index contributed by atoms with van der Waals surface area (Å²) in [5.41, 5.74) is -1.30. The highest BCUT2D eigenvalue weighted by Gasteiger charge is 2.30. The first-order chi connectivity index (χ1) is 8.93. The Labute approximate surface area is 105 Å². The van der Waals surface area contributed by atoms with E-state index in [9.17, 15) is 18.0 Å². The van der Waals surface area contributed by atoms with E-state index in [1.807, 2.05) is 0 Å². The van der Waals surface area contributed by atoms with Gasteiger partial charge in [-0.3, -0.25) is 4.79 Å². The number of halogens is 3. The lowest BCUT2D eigenvalue weighted by Gasteiger charge is -2.09. The van der Waals surface area contributed by atoms with E-state index in [1.54, 1.807) is 6.07 Å². The van der Waals surface area contributed by atoms with Gasteiger partial charge < -0.3 is 4.98 Å². The molecule has 0 aliphatic heterocycles. The van der Waals surface area contributed by atoms with Gasteiger partial charge in [-0.15, -0.1) is 0 Å². The Morgan fingerprint density at radius 2 is 1.95 bits per heavy atom. The Hall–Kier alpha value is -2.55. The molecule has 1 aromatic heterocycles. The van der Waals surface area contributed by atoms with Crippen LogP contribution in [0.1, 0.15) is 11.1 Å². The molecular formula is C13H7F3N2O. The summed E-state index contributed by atoms with van der Waals surface area (Å²) in [5.74, 6) is 0. The summed E-state index contributed by atoms with van der Waals surface area (Å²) in [4.78, 5) is 13.7. The van der Waals surface area contributed by atoms with Crippen molar-refractivity contribution in [3.8, 4) is 17.2 Å². The maximum absolute atomic E-state index is 12.6. The number of aromatic nitrogens is 1. The summed E-state index contributed by atoms with van der Waals surface area (Å²) in [5, 5.41) is 8.90. The first-order valence-corrected chi connectivity index (χ1v) is 5.23. The summed E-state index contributed by atoms with van der Waals surface area (Å²) in [6.07, 6.45) is -3.18. The summed E-state index contributed by atoms with van der Waals surface area (Å²) < 4.78 is 37.8. The molecule has 1 aromatic carbocycles. The molecule has 96 valence electrons. The Morgan fingerprint density at radius 1 is 1.21 bits per heavy atom. The standard InChI is InChI=1S/C13H7F3N2O/c14-13(15,16)9-3-1-2-8(6-9)10-4-5-18-12(19)11(10)7-17/h1-6H,(H,18,19). The van der Waals surface area contributed by atoms with Gasteiger partial charge in [-0.25, -0.2) is 0 Å². The highest BCUT2D eigenvalue weighted by atomic mass is 19.4. The Bertz CT molecular complexity index is 711. The molecule has 1 heterocycles. The third-order valence-electron chi connectivity index (χ3n) is 2.57. The normalized spacial score (nSPS) is 11.1. The number of nitrogens with one attached hydrogen (secondary N) is 1. The number of nitrogens with zero attached hydrogens (tertiary/aromatic N) is 1. The van der Waals surface area contributed by atoms with E-state index in [1.165, 1.54) is 24.4 Å². The van der Waals surface area contributed by atoms with Crippen molar-refractivity contribution in [2.45, 2.75) is 6.18 Å². The second kappa shape index (κ2) is 4.61. The van der Waals surface area contributed by atoms with Crippen molar-refractivity contribution in [1.29, 1.82) is 5.26 Å². The molecule has 0 fully saturated rings. The molecule has 2 aromatic rings.